The first-order valence-electron chi connectivity index (χ1n) is 8.94. The number of nitrogens with zero attached hydrogens (tertiary/aromatic N) is 3. The van der Waals surface area contributed by atoms with E-state index in [1.54, 1.807) is 29.1 Å². The number of hydrogen-bond donors (Lipinski definition) is 1. The van der Waals surface area contributed by atoms with Crippen molar-refractivity contribution in [2.24, 2.45) is 4.99 Å². The van der Waals surface area contributed by atoms with Gasteiger partial charge in [0.15, 0.2) is 0 Å². The first-order valence-corrected chi connectivity index (χ1v) is 10.4. The van der Waals surface area contributed by atoms with E-state index in [4.69, 9.17) is 4.74 Å². The van der Waals surface area contributed by atoms with Crippen LogP contribution in [0, 0.1) is 0 Å². The minimum atomic E-state index is -3.57. The fourth-order valence-corrected chi connectivity index (χ4v) is 4.16. The molecule has 148 valence electrons. The molecule has 2 heterocycles. The van der Waals surface area contributed by atoms with Crippen molar-refractivity contribution >= 4 is 21.8 Å². The Bertz CT molecular complexity index is 1150. The van der Waals surface area contributed by atoms with Crippen molar-refractivity contribution in [3.63, 3.8) is 0 Å². The zero-order valence-electron chi connectivity index (χ0n) is 15.4. The summed E-state index contributed by atoms with van der Waals surface area (Å²) in [6.45, 7) is 0.285. The zero-order valence-corrected chi connectivity index (χ0v) is 16.2. The molecule has 3 aromatic rings. The zero-order chi connectivity index (χ0) is 20.3. The summed E-state index contributed by atoms with van der Waals surface area (Å²) < 4.78 is 33.5. The van der Waals surface area contributed by atoms with E-state index in [9.17, 15) is 13.2 Å². The van der Waals surface area contributed by atoms with E-state index in [1.165, 1.54) is 6.07 Å². The molecule has 4 rings (SSSR count). The number of hydrogen-bond acceptors (Lipinski definition) is 6. The third-order valence-electron chi connectivity index (χ3n) is 4.35. The number of fused-ring (bicyclic) bond motifs is 1. The highest BCUT2D eigenvalue weighted by Gasteiger charge is 2.29. The lowest BCUT2D eigenvalue weighted by molar-refractivity contribution is -0.144. The lowest BCUT2D eigenvalue weighted by Gasteiger charge is -2.06. The number of nitrogens with one attached hydrogen (secondary N) is 1. The van der Waals surface area contributed by atoms with Gasteiger partial charge in [-0.2, -0.15) is 5.10 Å². The summed E-state index contributed by atoms with van der Waals surface area (Å²) in [6.07, 6.45) is 3.60. The van der Waals surface area contributed by atoms with Crippen molar-refractivity contribution in [2.75, 3.05) is 6.54 Å². The summed E-state index contributed by atoms with van der Waals surface area (Å²) in [7, 11) is -3.57. The summed E-state index contributed by atoms with van der Waals surface area (Å²) >= 11 is 0. The van der Waals surface area contributed by atoms with Gasteiger partial charge in [-0.15, -0.1) is 0 Å². The van der Waals surface area contributed by atoms with Crippen LogP contribution >= 0.6 is 0 Å². The van der Waals surface area contributed by atoms with Gasteiger partial charge in [0.2, 0.25) is 0 Å². The van der Waals surface area contributed by atoms with Gasteiger partial charge in [0.1, 0.15) is 12.4 Å². The molecule has 29 heavy (non-hydrogen) atoms. The molecule has 1 aromatic heterocycles. The molecule has 0 unspecified atom stereocenters. The standard InChI is InChI=1S/C20H18N4O4S/c25-19(28-14-15-6-8-16(9-7-15)24-13-3-11-22-24)10-12-21-20-17-4-1-2-5-18(17)29(26,27)23-20/h1-9,11,13H,10,12,14H2,(H,21,23). The number of carbonyl (C=O) groups excluding carboxylic acids is 1. The highest BCUT2D eigenvalue weighted by Crippen LogP contribution is 2.22. The van der Waals surface area contributed by atoms with E-state index in [2.05, 4.69) is 14.8 Å². The maximum atomic E-state index is 12.0. The van der Waals surface area contributed by atoms with E-state index in [1.807, 2.05) is 36.5 Å². The average molecular weight is 410 g/mol. The SMILES string of the molecule is O=C(CCN=C1NS(=O)(=O)c2ccccc21)OCc1ccc(-n2cccn2)cc1. The van der Waals surface area contributed by atoms with Crippen LogP contribution in [-0.4, -0.2) is 36.5 Å². The van der Waals surface area contributed by atoms with Crippen molar-refractivity contribution in [2.45, 2.75) is 17.9 Å². The lowest BCUT2D eigenvalue weighted by atomic mass is 10.2. The number of aromatic nitrogens is 2. The second-order valence-corrected chi connectivity index (χ2v) is 8.01. The van der Waals surface area contributed by atoms with E-state index in [-0.39, 0.29) is 30.3 Å². The Morgan fingerprint density at radius 1 is 1.10 bits per heavy atom. The molecule has 9 heteroatoms. The molecule has 0 saturated carbocycles. The van der Waals surface area contributed by atoms with Gasteiger partial charge < -0.3 is 4.74 Å². The Balaban J connectivity index is 1.29. The molecule has 2 aromatic carbocycles. The Labute approximate surface area is 167 Å². The predicted octanol–water partition coefficient (Wildman–Crippen LogP) is 2.04. The molecule has 8 nitrogen and oxygen atoms in total. The quantitative estimate of drug-likeness (QED) is 0.627. The molecule has 0 amide bonds. The third kappa shape index (κ3) is 4.19. The van der Waals surface area contributed by atoms with Gasteiger partial charge in [-0.1, -0.05) is 24.3 Å². The number of benzene rings is 2. The molecule has 1 aliphatic rings. The van der Waals surface area contributed by atoms with Gasteiger partial charge in [0.25, 0.3) is 10.0 Å². The minimum Gasteiger partial charge on any atom is -0.461 e. The van der Waals surface area contributed by atoms with E-state index in [0.29, 0.717) is 5.56 Å². The monoisotopic (exact) mass is 410 g/mol. The van der Waals surface area contributed by atoms with Gasteiger partial charge in [-0.25, -0.2) is 13.1 Å². The van der Waals surface area contributed by atoms with Crippen molar-refractivity contribution in [3.05, 3.63) is 78.1 Å². The normalized spacial score (nSPS) is 15.7. The summed E-state index contributed by atoms with van der Waals surface area (Å²) in [5.74, 6) is -0.151. The molecule has 1 aliphatic heterocycles. The van der Waals surface area contributed by atoms with Gasteiger partial charge in [0, 0.05) is 18.0 Å². The minimum absolute atomic E-state index is 0.0543. The summed E-state index contributed by atoms with van der Waals surface area (Å²) in [5.41, 5.74) is 2.29. The maximum absolute atomic E-state index is 12.0. The Kier molecular flexibility index (Phi) is 5.13. The largest absolute Gasteiger partial charge is 0.461 e. The fourth-order valence-electron chi connectivity index (χ4n) is 2.91. The molecule has 0 saturated heterocycles. The number of aliphatic imine (C=N–C) groups is 1. The van der Waals surface area contributed by atoms with E-state index >= 15 is 0 Å². The molecule has 0 atom stereocenters. The third-order valence-corrected chi connectivity index (χ3v) is 5.75. The molecule has 0 bridgehead atoms. The summed E-state index contributed by atoms with van der Waals surface area (Å²) in [5, 5.41) is 4.16. The lowest BCUT2D eigenvalue weighted by Crippen LogP contribution is -2.22. The van der Waals surface area contributed by atoms with Crippen LogP contribution in [0.1, 0.15) is 17.5 Å². The van der Waals surface area contributed by atoms with Crippen molar-refractivity contribution in [1.82, 2.24) is 14.5 Å². The second kappa shape index (κ2) is 7.88. The van der Waals surface area contributed by atoms with Crippen LogP contribution < -0.4 is 4.72 Å². The van der Waals surface area contributed by atoms with Crippen molar-refractivity contribution in [3.8, 4) is 5.69 Å². The number of carbonyl (C=O) groups is 1. The Morgan fingerprint density at radius 3 is 2.66 bits per heavy atom. The molecule has 0 fully saturated rings. The summed E-state index contributed by atoms with van der Waals surface area (Å²) in [4.78, 5) is 16.4. The number of ether oxygens (including phenoxy) is 1. The van der Waals surface area contributed by atoms with Crippen LogP contribution in [0.15, 0.2) is 76.9 Å². The Morgan fingerprint density at radius 2 is 1.90 bits per heavy atom. The Hall–Kier alpha value is -3.46. The molecule has 0 spiro atoms. The van der Waals surface area contributed by atoms with Gasteiger partial charge >= 0.3 is 5.97 Å². The van der Waals surface area contributed by atoms with Crippen molar-refractivity contribution in [1.29, 1.82) is 0 Å². The number of esters is 1. The fraction of sp³-hybridized carbons (Fsp3) is 0.150. The first kappa shape index (κ1) is 18.9. The van der Waals surface area contributed by atoms with Gasteiger partial charge in [-0.3, -0.25) is 14.5 Å². The average Bonchev–Trinajstić information content (AvgIpc) is 3.34. The molecule has 1 N–H and O–H groups in total. The van der Waals surface area contributed by atoms with Crippen LogP contribution in [0.25, 0.3) is 5.69 Å². The van der Waals surface area contributed by atoms with E-state index in [0.717, 1.165) is 11.3 Å². The van der Waals surface area contributed by atoms with Gasteiger partial charge in [-0.05, 0) is 35.9 Å². The van der Waals surface area contributed by atoms with Crippen LogP contribution in [0.5, 0.6) is 0 Å². The van der Waals surface area contributed by atoms with Crippen LogP contribution in [0.3, 0.4) is 0 Å². The number of sulfonamides is 1. The van der Waals surface area contributed by atoms with Crippen LogP contribution in [0.4, 0.5) is 0 Å². The van der Waals surface area contributed by atoms with Crippen LogP contribution in [-0.2, 0) is 26.2 Å². The highest BCUT2D eigenvalue weighted by atomic mass is 32.2. The molecular formula is C20H18N4O4S. The topological polar surface area (TPSA) is 103 Å². The summed E-state index contributed by atoms with van der Waals surface area (Å²) in [6, 6.07) is 16.0. The smallest absolute Gasteiger partial charge is 0.308 e. The van der Waals surface area contributed by atoms with E-state index < -0.39 is 16.0 Å². The van der Waals surface area contributed by atoms with Crippen molar-refractivity contribution < 1.29 is 17.9 Å². The van der Waals surface area contributed by atoms with Crippen LogP contribution in [0.2, 0.25) is 0 Å². The number of rotatable bonds is 6. The number of amidine groups is 1. The predicted molar refractivity (Wildman–Crippen MR) is 106 cm³/mol. The second-order valence-electron chi connectivity index (χ2n) is 6.36. The highest BCUT2D eigenvalue weighted by molar-refractivity contribution is 7.90. The molecule has 0 aliphatic carbocycles. The molecule has 0 radical (unpaired) electrons. The molecular weight excluding hydrogens is 392 g/mol. The first-order chi connectivity index (χ1) is 14.0. The maximum Gasteiger partial charge on any atom is 0.308 e. The van der Waals surface area contributed by atoms with Gasteiger partial charge in [0.05, 0.1) is 23.5 Å².